The van der Waals surface area contributed by atoms with Crippen LogP contribution >= 0.6 is 0 Å². The van der Waals surface area contributed by atoms with Gasteiger partial charge >= 0.3 is 0 Å². The second-order valence-corrected chi connectivity index (χ2v) is 12.4. The Kier molecular flexibility index (Phi) is 9.07. The van der Waals surface area contributed by atoms with Gasteiger partial charge in [0.2, 0.25) is 5.91 Å². The van der Waals surface area contributed by atoms with Crippen molar-refractivity contribution in [3.63, 3.8) is 0 Å². The van der Waals surface area contributed by atoms with Crippen LogP contribution in [-0.2, 0) is 11.3 Å². The van der Waals surface area contributed by atoms with Crippen molar-refractivity contribution in [1.29, 1.82) is 0 Å². The molecule has 1 aliphatic rings. The Hall–Kier alpha value is -5.05. The number of benzene rings is 3. The number of nitrogens with one attached hydrogen (secondary N) is 1. The zero-order valence-electron chi connectivity index (χ0n) is 27.3. The average Bonchev–Trinajstić information content (AvgIpc) is 3.74. The summed E-state index contributed by atoms with van der Waals surface area (Å²) in [5.41, 5.74) is 6.01. The molecule has 1 aliphatic heterocycles. The van der Waals surface area contributed by atoms with E-state index in [1.807, 2.05) is 46.0 Å². The normalized spacial score (nSPS) is 13.7. The van der Waals surface area contributed by atoms with Crippen molar-refractivity contribution in [1.82, 2.24) is 14.1 Å². The number of ketones is 1. The van der Waals surface area contributed by atoms with Crippen molar-refractivity contribution in [3.05, 3.63) is 106 Å². The molecule has 1 saturated heterocycles. The first kappa shape index (κ1) is 31.9. The molecule has 2 aromatic heterocycles. The van der Waals surface area contributed by atoms with Gasteiger partial charge in [0.25, 0.3) is 5.56 Å². The summed E-state index contributed by atoms with van der Waals surface area (Å²) in [6.07, 6.45) is 6.80. The fourth-order valence-corrected chi connectivity index (χ4v) is 6.25. The fourth-order valence-electron chi connectivity index (χ4n) is 6.25. The molecular weight excluding hydrogens is 593 g/mol. The summed E-state index contributed by atoms with van der Waals surface area (Å²) in [5.74, 6) is -0.867. The van der Waals surface area contributed by atoms with Crippen molar-refractivity contribution in [3.8, 4) is 16.9 Å². The van der Waals surface area contributed by atoms with Gasteiger partial charge in [-0.25, -0.2) is 9.37 Å². The molecule has 47 heavy (non-hydrogen) atoms. The number of hydrogen-bond donors (Lipinski definition) is 1. The standard InChI is InChI=1S/C38H40FN5O3/c1-5-24(3)37(46)41-36-38(47)44(34(21-40-36)27-10-9-11-28(18-27)35(45)6-2)23-26-16-30(42-14-7-8-15-42)20-31(17-26)43-22-25(4)32-19-29(39)12-13-33(32)43/h9-13,16-22,24H,5-8,14-15,23H2,1-4H3,(H,40,41,46)/t24-/m1/s1. The van der Waals surface area contributed by atoms with Crippen LogP contribution in [0.2, 0.25) is 0 Å². The maximum Gasteiger partial charge on any atom is 0.294 e. The lowest BCUT2D eigenvalue weighted by atomic mass is 10.0. The van der Waals surface area contributed by atoms with Crippen molar-refractivity contribution in [2.75, 3.05) is 23.3 Å². The Bertz CT molecular complexity index is 2040. The summed E-state index contributed by atoms with van der Waals surface area (Å²) in [4.78, 5) is 46.3. The zero-order valence-corrected chi connectivity index (χ0v) is 27.3. The molecule has 9 heteroatoms. The third-order valence-electron chi connectivity index (χ3n) is 9.18. The van der Waals surface area contributed by atoms with Crippen LogP contribution in [-0.4, -0.2) is 38.9 Å². The Balaban J connectivity index is 1.51. The number of fused-ring (bicyclic) bond motifs is 1. The molecule has 0 saturated carbocycles. The van der Waals surface area contributed by atoms with Gasteiger partial charge < -0.3 is 14.8 Å². The maximum atomic E-state index is 14.2. The highest BCUT2D eigenvalue weighted by Crippen LogP contribution is 2.31. The molecule has 0 radical (unpaired) electrons. The summed E-state index contributed by atoms with van der Waals surface area (Å²) >= 11 is 0. The van der Waals surface area contributed by atoms with Gasteiger partial charge in [-0.2, -0.15) is 0 Å². The minimum absolute atomic E-state index is 0.00298. The predicted molar refractivity (Wildman–Crippen MR) is 185 cm³/mol. The molecule has 0 bridgehead atoms. The summed E-state index contributed by atoms with van der Waals surface area (Å²) in [5, 5.41) is 3.59. The van der Waals surface area contributed by atoms with Crippen LogP contribution in [0, 0.1) is 18.7 Å². The molecule has 1 fully saturated rings. The summed E-state index contributed by atoms with van der Waals surface area (Å²) in [6.45, 7) is 9.58. The Labute approximate surface area is 273 Å². The minimum Gasteiger partial charge on any atom is -0.371 e. The molecule has 6 rings (SSSR count). The van der Waals surface area contributed by atoms with E-state index in [9.17, 15) is 18.8 Å². The van der Waals surface area contributed by atoms with Gasteiger partial charge in [0.15, 0.2) is 11.6 Å². The Morgan fingerprint density at radius 3 is 2.51 bits per heavy atom. The molecule has 0 unspecified atom stereocenters. The number of amides is 1. The van der Waals surface area contributed by atoms with E-state index in [0.29, 0.717) is 29.7 Å². The van der Waals surface area contributed by atoms with E-state index in [1.54, 1.807) is 41.1 Å². The predicted octanol–water partition coefficient (Wildman–Crippen LogP) is 7.53. The zero-order chi connectivity index (χ0) is 33.2. The highest BCUT2D eigenvalue weighted by Gasteiger charge is 2.20. The number of nitrogens with zero attached hydrogens (tertiary/aromatic N) is 4. The summed E-state index contributed by atoms with van der Waals surface area (Å²) in [7, 11) is 0. The van der Waals surface area contributed by atoms with Crippen LogP contribution in [0.25, 0.3) is 27.8 Å². The van der Waals surface area contributed by atoms with E-state index >= 15 is 0 Å². The minimum atomic E-state index is -0.433. The fraction of sp³-hybridized carbons (Fsp3) is 0.316. The number of aromatic nitrogens is 3. The summed E-state index contributed by atoms with van der Waals surface area (Å²) < 4.78 is 17.9. The molecule has 1 atom stereocenters. The highest BCUT2D eigenvalue weighted by molar-refractivity contribution is 5.97. The number of carbonyl (C=O) groups excluding carboxylic acids is 2. The second kappa shape index (κ2) is 13.4. The van der Waals surface area contributed by atoms with E-state index in [2.05, 4.69) is 31.9 Å². The van der Waals surface area contributed by atoms with Crippen LogP contribution in [0.5, 0.6) is 0 Å². The third-order valence-corrected chi connectivity index (χ3v) is 9.18. The van der Waals surface area contributed by atoms with Crippen molar-refractivity contribution >= 4 is 34.1 Å². The largest absolute Gasteiger partial charge is 0.371 e. The van der Waals surface area contributed by atoms with Crippen molar-refractivity contribution < 1.29 is 14.0 Å². The number of Topliss-reactive ketones (excluding diaryl/α,β-unsaturated/α-hetero) is 1. The van der Waals surface area contributed by atoms with Crippen LogP contribution in [0.1, 0.15) is 67.9 Å². The summed E-state index contributed by atoms with van der Waals surface area (Å²) in [6, 6.07) is 18.3. The van der Waals surface area contributed by atoms with E-state index in [4.69, 9.17) is 0 Å². The topological polar surface area (TPSA) is 89.2 Å². The quantitative estimate of drug-likeness (QED) is 0.161. The Morgan fingerprint density at radius 2 is 1.77 bits per heavy atom. The molecular formula is C38H40FN5O3. The second-order valence-electron chi connectivity index (χ2n) is 12.4. The first-order chi connectivity index (χ1) is 22.7. The van der Waals surface area contributed by atoms with Crippen LogP contribution in [0.15, 0.2) is 77.9 Å². The van der Waals surface area contributed by atoms with Gasteiger partial charge in [-0.3, -0.25) is 19.0 Å². The number of carbonyl (C=O) groups is 2. The van der Waals surface area contributed by atoms with Gasteiger partial charge in [0.05, 0.1) is 24.0 Å². The van der Waals surface area contributed by atoms with Gasteiger partial charge in [0.1, 0.15) is 5.82 Å². The van der Waals surface area contributed by atoms with E-state index in [1.165, 1.54) is 6.07 Å². The smallest absolute Gasteiger partial charge is 0.294 e. The molecule has 3 heterocycles. The molecule has 0 spiro atoms. The van der Waals surface area contributed by atoms with Crippen molar-refractivity contribution in [2.24, 2.45) is 5.92 Å². The number of rotatable bonds is 10. The lowest BCUT2D eigenvalue weighted by molar-refractivity contribution is -0.119. The molecule has 8 nitrogen and oxygen atoms in total. The Morgan fingerprint density at radius 1 is 1.00 bits per heavy atom. The lowest BCUT2D eigenvalue weighted by Gasteiger charge is -2.22. The van der Waals surface area contributed by atoms with Crippen LogP contribution in [0.3, 0.4) is 0 Å². The number of halogens is 1. The van der Waals surface area contributed by atoms with E-state index < -0.39 is 5.56 Å². The third kappa shape index (κ3) is 6.48. The molecule has 242 valence electrons. The van der Waals surface area contributed by atoms with Gasteiger partial charge in [-0.05, 0) is 79.8 Å². The molecule has 5 aromatic rings. The first-order valence-corrected chi connectivity index (χ1v) is 16.4. The van der Waals surface area contributed by atoms with Crippen LogP contribution < -0.4 is 15.8 Å². The van der Waals surface area contributed by atoms with E-state index in [-0.39, 0.29) is 35.8 Å². The lowest BCUT2D eigenvalue weighted by Crippen LogP contribution is -2.30. The number of aryl methyl sites for hydroxylation is 1. The van der Waals surface area contributed by atoms with Gasteiger partial charge in [-0.1, -0.05) is 39.0 Å². The molecule has 0 aliphatic carbocycles. The average molecular weight is 634 g/mol. The van der Waals surface area contributed by atoms with E-state index in [0.717, 1.165) is 59.3 Å². The number of hydrogen-bond acceptors (Lipinski definition) is 5. The highest BCUT2D eigenvalue weighted by atomic mass is 19.1. The maximum absolute atomic E-state index is 14.2. The van der Waals surface area contributed by atoms with Gasteiger partial charge in [-0.15, -0.1) is 0 Å². The van der Waals surface area contributed by atoms with Crippen LogP contribution in [0.4, 0.5) is 15.9 Å². The van der Waals surface area contributed by atoms with Crippen molar-refractivity contribution in [2.45, 2.75) is 59.9 Å². The molecule has 3 aromatic carbocycles. The molecule has 1 N–H and O–H groups in total. The van der Waals surface area contributed by atoms with Gasteiger partial charge in [0, 0.05) is 59.5 Å². The SMILES string of the molecule is CCC(=O)c1cccc(-c2cnc(NC(=O)[C@H](C)CC)c(=O)n2Cc2cc(N3CCCC3)cc(-n3cc(C)c4cc(F)ccc43)c2)c1. The number of anilines is 2. The monoisotopic (exact) mass is 633 g/mol. The first-order valence-electron chi connectivity index (χ1n) is 16.4. The molecule has 1 amide bonds.